The van der Waals surface area contributed by atoms with Crippen molar-refractivity contribution < 1.29 is 9.59 Å². The Labute approximate surface area is 92.0 Å². The predicted molar refractivity (Wildman–Crippen MR) is 57.3 cm³/mol. The third-order valence-electron chi connectivity index (χ3n) is 2.15. The molecule has 0 aliphatic heterocycles. The molecule has 0 aliphatic carbocycles. The number of hydrogen-bond donors (Lipinski definition) is 0. The Hall–Kier alpha value is -2.36. The molecule has 0 amide bonds. The van der Waals surface area contributed by atoms with E-state index in [-0.39, 0.29) is 5.78 Å². The molecule has 0 fully saturated rings. The van der Waals surface area contributed by atoms with Gasteiger partial charge in [-0.15, -0.1) is 0 Å². The summed E-state index contributed by atoms with van der Waals surface area (Å²) in [7, 11) is 0. The molecule has 0 saturated heterocycles. The van der Waals surface area contributed by atoms with Gasteiger partial charge in [-0.25, -0.2) is 0 Å². The zero-order valence-electron chi connectivity index (χ0n) is 8.33. The van der Waals surface area contributed by atoms with Crippen LogP contribution in [0.5, 0.6) is 0 Å². The summed E-state index contributed by atoms with van der Waals surface area (Å²) < 4.78 is 0. The first-order chi connectivity index (χ1) is 7.83. The van der Waals surface area contributed by atoms with Crippen molar-refractivity contribution in [1.29, 1.82) is 0 Å². The van der Waals surface area contributed by atoms with Crippen LogP contribution in [-0.2, 0) is 0 Å². The molecule has 0 N–H and O–H groups in total. The monoisotopic (exact) mass is 212 g/mol. The quantitative estimate of drug-likeness (QED) is 0.571. The molecule has 4 nitrogen and oxygen atoms in total. The Balaban J connectivity index is 2.46. The fourth-order valence-electron chi connectivity index (χ4n) is 1.35. The van der Waals surface area contributed by atoms with E-state index < -0.39 is 0 Å². The van der Waals surface area contributed by atoms with E-state index in [9.17, 15) is 9.59 Å². The van der Waals surface area contributed by atoms with Gasteiger partial charge in [0.05, 0.1) is 5.56 Å². The topological polar surface area (TPSA) is 59.9 Å². The highest BCUT2D eigenvalue weighted by Crippen LogP contribution is 2.10. The maximum atomic E-state index is 12.0. The lowest BCUT2D eigenvalue weighted by Crippen LogP contribution is -2.05. The number of hydrogen-bond acceptors (Lipinski definition) is 4. The average Bonchev–Trinajstić information content (AvgIpc) is 2.39. The van der Waals surface area contributed by atoms with E-state index in [2.05, 4.69) is 9.97 Å². The molecule has 78 valence electrons. The SMILES string of the molecule is O=Cc1ccncc1C(=O)c1cccnc1. The lowest BCUT2D eigenvalue weighted by Gasteiger charge is -2.02. The third-order valence-corrected chi connectivity index (χ3v) is 2.15. The van der Waals surface area contributed by atoms with Crippen LogP contribution in [0.4, 0.5) is 0 Å². The summed E-state index contributed by atoms with van der Waals surface area (Å²) in [6.45, 7) is 0. The standard InChI is InChI=1S/C12H8N2O2/c15-8-10-3-5-14-7-11(10)12(16)9-2-1-4-13-6-9/h1-8H. The molecule has 4 heteroatoms. The first-order valence-corrected chi connectivity index (χ1v) is 4.67. The lowest BCUT2D eigenvalue weighted by atomic mass is 10.0. The van der Waals surface area contributed by atoms with Crippen molar-refractivity contribution in [1.82, 2.24) is 9.97 Å². The van der Waals surface area contributed by atoms with Crippen LogP contribution in [0, 0.1) is 0 Å². The summed E-state index contributed by atoms with van der Waals surface area (Å²) in [6.07, 6.45) is 6.55. The average molecular weight is 212 g/mol. The van der Waals surface area contributed by atoms with Gasteiger partial charge in [0, 0.05) is 35.9 Å². The highest BCUT2D eigenvalue weighted by Gasteiger charge is 2.13. The molecule has 0 aliphatic rings. The van der Waals surface area contributed by atoms with E-state index in [0.29, 0.717) is 23.0 Å². The summed E-state index contributed by atoms with van der Waals surface area (Å²) in [5, 5.41) is 0. The number of ketones is 1. The Morgan fingerprint density at radius 3 is 2.62 bits per heavy atom. The van der Waals surface area contributed by atoms with Gasteiger partial charge in [0.2, 0.25) is 0 Å². The maximum absolute atomic E-state index is 12.0. The largest absolute Gasteiger partial charge is 0.298 e. The van der Waals surface area contributed by atoms with Gasteiger partial charge in [0.15, 0.2) is 12.1 Å². The second-order valence-corrected chi connectivity index (χ2v) is 3.15. The predicted octanol–water partition coefficient (Wildman–Crippen LogP) is 1.52. The number of carbonyl (C=O) groups excluding carboxylic acids is 2. The molecule has 2 aromatic rings. The summed E-state index contributed by atoms with van der Waals surface area (Å²) in [6, 6.07) is 4.83. The highest BCUT2D eigenvalue weighted by atomic mass is 16.1. The first-order valence-electron chi connectivity index (χ1n) is 4.67. The van der Waals surface area contributed by atoms with E-state index in [1.165, 1.54) is 24.7 Å². The van der Waals surface area contributed by atoms with Gasteiger partial charge in [0.1, 0.15) is 0 Å². The van der Waals surface area contributed by atoms with Crippen LogP contribution in [-0.4, -0.2) is 22.0 Å². The fraction of sp³-hybridized carbons (Fsp3) is 0. The van der Waals surface area contributed by atoms with E-state index in [4.69, 9.17) is 0 Å². The van der Waals surface area contributed by atoms with Crippen molar-refractivity contribution in [3.63, 3.8) is 0 Å². The van der Waals surface area contributed by atoms with Crippen molar-refractivity contribution in [2.45, 2.75) is 0 Å². The molecule has 0 saturated carbocycles. The molecule has 2 rings (SSSR count). The number of aromatic nitrogens is 2. The van der Waals surface area contributed by atoms with Crippen LogP contribution in [0.25, 0.3) is 0 Å². The van der Waals surface area contributed by atoms with E-state index >= 15 is 0 Å². The van der Waals surface area contributed by atoms with E-state index in [1.807, 2.05) is 0 Å². The highest BCUT2D eigenvalue weighted by molar-refractivity contribution is 6.12. The minimum absolute atomic E-state index is 0.247. The molecule has 2 aromatic heterocycles. The van der Waals surface area contributed by atoms with Crippen LogP contribution in [0.2, 0.25) is 0 Å². The van der Waals surface area contributed by atoms with Crippen LogP contribution >= 0.6 is 0 Å². The number of aldehydes is 1. The molecular weight excluding hydrogens is 204 g/mol. The number of carbonyl (C=O) groups is 2. The second kappa shape index (κ2) is 4.44. The van der Waals surface area contributed by atoms with Gasteiger partial charge >= 0.3 is 0 Å². The van der Waals surface area contributed by atoms with Crippen LogP contribution in [0.15, 0.2) is 43.0 Å². The molecule has 0 aromatic carbocycles. The number of rotatable bonds is 3. The fourth-order valence-corrected chi connectivity index (χ4v) is 1.35. The van der Waals surface area contributed by atoms with Crippen molar-refractivity contribution in [2.75, 3.05) is 0 Å². The van der Waals surface area contributed by atoms with Crippen molar-refractivity contribution in [2.24, 2.45) is 0 Å². The molecule has 0 bridgehead atoms. The van der Waals surface area contributed by atoms with Gasteiger partial charge in [-0.1, -0.05) is 0 Å². The van der Waals surface area contributed by atoms with Crippen LogP contribution in [0.3, 0.4) is 0 Å². The molecular formula is C12H8N2O2. The summed E-state index contributed by atoms with van der Waals surface area (Å²) in [5.74, 6) is -0.247. The normalized spacial score (nSPS) is 9.75. The molecule has 0 radical (unpaired) electrons. The van der Waals surface area contributed by atoms with Gasteiger partial charge in [0.25, 0.3) is 0 Å². The number of pyridine rings is 2. The smallest absolute Gasteiger partial charge is 0.196 e. The minimum atomic E-state index is -0.247. The summed E-state index contributed by atoms with van der Waals surface area (Å²) in [5.41, 5.74) is 1.08. The van der Waals surface area contributed by atoms with E-state index in [0.717, 1.165) is 0 Å². The Bertz CT molecular complexity index is 524. The maximum Gasteiger partial charge on any atom is 0.196 e. The van der Waals surface area contributed by atoms with Gasteiger partial charge in [-0.3, -0.25) is 19.6 Å². The lowest BCUT2D eigenvalue weighted by molar-refractivity contribution is 0.102. The number of nitrogens with zero attached hydrogens (tertiary/aromatic N) is 2. The molecule has 2 heterocycles. The molecule has 16 heavy (non-hydrogen) atoms. The van der Waals surface area contributed by atoms with Crippen molar-refractivity contribution in [3.8, 4) is 0 Å². The first kappa shape index (κ1) is 10.2. The molecule has 0 unspecified atom stereocenters. The van der Waals surface area contributed by atoms with Crippen LogP contribution < -0.4 is 0 Å². The van der Waals surface area contributed by atoms with Crippen LogP contribution in [0.1, 0.15) is 26.3 Å². The van der Waals surface area contributed by atoms with E-state index in [1.54, 1.807) is 18.3 Å². The Morgan fingerprint density at radius 1 is 1.12 bits per heavy atom. The Morgan fingerprint density at radius 2 is 1.94 bits per heavy atom. The Kier molecular flexibility index (Phi) is 2.82. The zero-order valence-corrected chi connectivity index (χ0v) is 8.33. The summed E-state index contributed by atoms with van der Waals surface area (Å²) >= 11 is 0. The minimum Gasteiger partial charge on any atom is -0.298 e. The van der Waals surface area contributed by atoms with Gasteiger partial charge < -0.3 is 0 Å². The van der Waals surface area contributed by atoms with Gasteiger partial charge in [-0.05, 0) is 18.2 Å². The summed E-state index contributed by atoms with van der Waals surface area (Å²) in [4.78, 5) is 30.5. The molecule has 0 atom stereocenters. The van der Waals surface area contributed by atoms with Crippen molar-refractivity contribution in [3.05, 3.63) is 59.7 Å². The molecule has 0 spiro atoms. The van der Waals surface area contributed by atoms with Gasteiger partial charge in [-0.2, -0.15) is 0 Å². The third kappa shape index (κ3) is 1.86. The zero-order chi connectivity index (χ0) is 11.4. The second-order valence-electron chi connectivity index (χ2n) is 3.15. The van der Waals surface area contributed by atoms with Crippen molar-refractivity contribution >= 4 is 12.1 Å².